The molecule has 0 radical (unpaired) electrons. The fourth-order valence-electron chi connectivity index (χ4n) is 2.71. The van der Waals surface area contributed by atoms with E-state index >= 15 is 0 Å². The third kappa shape index (κ3) is 2.08. The molecule has 4 atom stereocenters. The molecule has 0 saturated carbocycles. The highest BCUT2D eigenvalue weighted by molar-refractivity contribution is 5.67. The standard InChI is InChI=1S/C12H17N5O5/c1-2-16-4-17(9-6(16)10(21)15-12(13)14-9)11-8(20)7(19)5(3-18)22-11/h4-5,7-8,11,18-20H,2-3H2,1H3,(H2-,13,14,15,21)/p+1/t5-,7-,8-,11-/m1/s1. The number of hydrogen-bond donors (Lipinski definition) is 5. The van der Waals surface area contributed by atoms with Gasteiger partial charge in [0.1, 0.15) is 18.3 Å². The van der Waals surface area contributed by atoms with Gasteiger partial charge >= 0.3 is 5.65 Å². The van der Waals surface area contributed by atoms with Gasteiger partial charge in [0.15, 0.2) is 6.33 Å². The Kier molecular flexibility index (Phi) is 3.60. The summed E-state index contributed by atoms with van der Waals surface area (Å²) in [6.07, 6.45) is -2.82. The molecule has 1 aliphatic heterocycles. The predicted molar refractivity (Wildman–Crippen MR) is 73.6 cm³/mol. The van der Waals surface area contributed by atoms with E-state index in [-0.39, 0.29) is 17.1 Å². The number of ether oxygens (including phenoxy) is 1. The van der Waals surface area contributed by atoms with E-state index in [9.17, 15) is 20.1 Å². The average molecular weight is 312 g/mol. The Morgan fingerprint density at radius 1 is 1.50 bits per heavy atom. The van der Waals surface area contributed by atoms with Crippen LogP contribution < -0.4 is 15.9 Å². The Bertz CT molecular complexity index is 756. The highest BCUT2D eigenvalue weighted by atomic mass is 16.6. The molecule has 0 unspecified atom stereocenters. The van der Waals surface area contributed by atoms with Gasteiger partial charge in [0, 0.05) is 0 Å². The van der Waals surface area contributed by atoms with Crippen LogP contribution >= 0.6 is 0 Å². The van der Waals surface area contributed by atoms with Gasteiger partial charge in [0.2, 0.25) is 11.7 Å². The summed E-state index contributed by atoms with van der Waals surface area (Å²) in [5.74, 6) is -0.0631. The van der Waals surface area contributed by atoms with Crippen LogP contribution in [-0.4, -0.2) is 54.8 Å². The number of nitrogens with one attached hydrogen (secondary N) is 1. The van der Waals surface area contributed by atoms with Gasteiger partial charge in [-0.25, -0.2) is 4.57 Å². The van der Waals surface area contributed by atoms with E-state index in [2.05, 4.69) is 9.97 Å². The minimum atomic E-state index is -1.26. The largest absolute Gasteiger partial charge is 0.394 e. The predicted octanol–water partition coefficient (Wildman–Crippen LogP) is -2.77. The van der Waals surface area contributed by atoms with Gasteiger partial charge in [0.25, 0.3) is 11.5 Å². The number of hydrogen-bond acceptors (Lipinski definition) is 7. The molecule has 0 aromatic carbocycles. The minimum absolute atomic E-state index is 0.0631. The van der Waals surface area contributed by atoms with Gasteiger partial charge in [-0.1, -0.05) is 4.98 Å². The number of imidazole rings is 1. The molecule has 0 spiro atoms. The van der Waals surface area contributed by atoms with Crippen molar-refractivity contribution in [2.75, 3.05) is 12.3 Å². The molecule has 1 aliphatic rings. The van der Waals surface area contributed by atoms with E-state index in [0.717, 1.165) is 0 Å². The highest BCUT2D eigenvalue weighted by Gasteiger charge is 2.46. The van der Waals surface area contributed by atoms with Gasteiger partial charge in [-0.05, 0) is 6.92 Å². The number of aliphatic hydroxyl groups excluding tert-OH is 3. The molecule has 6 N–H and O–H groups in total. The molecule has 10 heteroatoms. The number of nitrogens with two attached hydrogens (primary N) is 1. The normalized spacial score (nSPS) is 28.5. The fourth-order valence-corrected chi connectivity index (χ4v) is 2.71. The van der Waals surface area contributed by atoms with Crippen molar-refractivity contribution in [3.8, 4) is 0 Å². The minimum Gasteiger partial charge on any atom is -0.394 e. The van der Waals surface area contributed by atoms with Crippen LogP contribution in [-0.2, 0) is 11.3 Å². The maximum Gasteiger partial charge on any atom is 0.313 e. The van der Waals surface area contributed by atoms with Gasteiger partial charge in [-0.3, -0.25) is 14.3 Å². The van der Waals surface area contributed by atoms with Crippen molar-refractivity contribution in [3.05, 3.63) is 16.7 Å². The van der Waals surface area contributed by atoms with Crippen LogP contribution in [0.4, 0.5) is 5.95 Å². The average Bonchev–Trinajstić information content (AvgIpc) is 2.98. The summed E-state index contributed by atoms with van der Waals surface area (Å²) in [4.78, 5) is 18.6. The lowest BCUT2D eigenvalue weighted by molar-refractivity contribution is -0.746. The quantitative estimate of drug-likeness (QED) is 0.385. The van der Waals surface area contributed by atoms with E-state index in [1.54, 1.807) is 10.9 Å². The summed E-state index contributed by atoms with van der Waals surface area (Å²) in [5, 5.41) is 29.2. The molecule has 0 bridgehead atoms. The van der Waals surface area contributed by atoms with Crippen LogP contribution in [0.3, 0.4) is 0 Å². The van der Waals surface area contributed by atoms with Crippen LogP contribution in [0, 0.1) is 0 Å². The highest BCUT2D eigenvalue weighted by Crippen LogP contribution is 2.26. The molecule has 0 amide bonds. The first-order chi connectivity index (χ1) is 10.5. The van der Waals surface area contributed by atoms with E-state index in [0.29, 0.717) is 6.54 Å². The van der Waals surface area contributed by atoms with Crippen molar-refractivity contribution in [2.24, 2.45) is 0 Å². The maximum absolute atomic E-state index is 12.1. The second-order valence-corrected chi connectivity index (χ2v) is 5.16. The van der Waals surface area contributed by atoms with E-state index < -0.39 is 36.7 Å². The van der Waals surface area contributed by atoms with Crippen molar-refractivity contribution in [1.29, 1.82) is 0 Å². The molecule has 10 nitrogen and oxygen atoms in total. The third-order valence-electron chi connectivity index (χ3n) is 3.82. The molecule has 3 rings (SSSR count). The monoisotopic (exact) mass is 312 g/mol. The Hall–Kier alpha value is -2.01. The number of nitrogen functional groups attached to an aromatic ring is 1. The molecule has 2 aromatic rings. The smallest absolute Gasteiger partial charge is 0.313 e. The van der Waals surface area contributed by atoms with E-state index in [4.69, 9.17) is 10.5 Å². The summed E-state index contributed by atoms with van der Waals surface area (Å²) in [6, 6.07) is 0. The lowest BCUT2D eigenvalue weighted by Crippen LogP contribution is -2.46. The van der Waals surface area contributed by atoms with Gasteiger partial charge in [0.05, 0.1) is 13.2 Å². The lowest BCUT2D eigenvalue weighted by Gasteiger charge is -2.12. The second kappa shape index (κ2) is 5.32. The van der Waals surface area contributed by atoms with Crippen LogP contribution in [0.5, 0.6) is 0 Å². The van der Waals surface area contributed by atoms with Crippen molar-refractivity contribution >= 4 is 17.1 Å². The first-order valence-electron chi connectivity index (χ1n) is 6.90. The molecule has 2 aromatic heterocycles. The molecule has 1 fully saturated rings. The number of nitrogens with zero attached hydrogens (tertiary/aromatic N) is 3. The Morgan fingerprint density at radius 3 is 2.82 bits per heavy atom. The zero-order chi connectivity index (χ0) is 16.0. The zero-order valence-corrected chi connectivity index (χ0v) is 11.9. The molecule has 0 aliphatic carbocycles. The summed E-state index contributed by atoms with van der Waals surface area (Å²) in [7, 11) is 0. The number of aryl methyl sites for hydroxylation is 1. The Morgan fingerprint density at radius 2 is 2.23 bits per heavy atom. The van der Waals surface area contributed by atoms with Gasteiger partial charge in [-0.2, -0.15) is 0 Å². The van der Waals surface area contributed by atoms with Crippen molar-refractivity contribution < 1.29 is 24.6 Å². The number of H-pyrrole nitrogens is 1. The summed E-state index contributed by atoms with van der Waals surface area (Å²) < 4.78 is 8.55. The second-order valence-electron chi connectivity index (χ2n) is 5.16. The number of anilines is 1. The topological polar surface area (TPSA) is 150 Å². The molecular weight excluding hydrogens is 294 g/mol. The third-order valence-corrected chi connectivity index (χ3v) is 3.82. The Balaban J connectivity index is 2.18. The Labute approximate surface area is 124 Å². The maximum atomic E-state index is 12.1. The molecule has 120 valence electrons. The van der Waals surface area contributed by atoms with Gasteiger partial charge in [-0.15, -0.1) is 0 Å². The molecule has 1 saturated heterocycles. The first kappa shape index (κ1) is 14.9. The number of aromatic nitrogens is 4. The number of aromatic amines is 1. The van der Waals surface area contributed by atoms with E-state index in [1.807, 2.05) is 6.92 Å². The SMILES string of the molecule is CCn1c[n+]([C@@H]2O[C@H](CO)[C@@H](O)[C@H]2O)c2nc(N)[nH]c(=O)c21. The van der Waals surface area contributed by atoms with Crippen molar-refractivity contribution in [1.82, 2.24) is 14.5 Å². The number of fused-ring (bicyclic) bond motifs is 1. The van der Waals surface area contributed by atoms with Crippen LogP contribution in [0.15, 0.2) is 11.1 Å². The summed E-state index contributed by atoms with van der Waals surface area (Å²) >= 11 is 0. The molecule has 3 heterocycles. The molecule has 22 heavy (non-hydrogen) atoms. The van der Waals surface area contributed by atoms with Crippen LogP contribution in [0.1, 0.15) is 13.2 Å². The van der Waals surface area contributed by atoms with Gasteiger partial charge < -0.3 is 25.8 Å². The van der Waals surface area contributed by atoms with Crippen molar-refractivity contribution in [3.63, 3.8) is 0 Å². The lowest BCUT2D eigenvalue weighted by atomic mass is 10.1. The van der Waals surface area contributed by atoms with Crippen LogP contribution in [0.2, 0.25) is 0 Å². The van der Waals surface area contributed by atoms with E-state index in [1.165, 1.54) is 4.57 Å². The number of rotatable bonds is 3. The van der Waals surface area contributed by atoms with Crippen molar-refractivity contribution in [2.45, 2.75) is 38.0 Å². The summed E-state index contributed by atoms with van der Waals surface area (Å²) in [5.41, 5.74) is 5.69. The fraction of sp³-hybridized carbons (Fsp3) is 0.583. The first-order valence-corrected chi connectivity index (χ1v) is 6.90. The number of aliphatic hydroxyl groups is 3. The molecular formula is C12H18N5O5+. The van der Waals surface area contributed by atoms with Crippen LogP contribution in [0.25, 0.3) is 11.2 Å². The zero-order valence-electron chi connectivity index (χ0n) is 11.9. The summed E-state index contributed by atoms with van der Waals surface area (Å²) in [6.45, 7) is 1.90.